The van der Waals surface area contributed by atoms with Crippen LogP contribution in [0.15, 0.2) is 54.1 Å². The van der Waals surface area contributed by atoms with Crippen LogP contribution in [0.3, 0.4) is 0 Å². The summed E-state index contributed by atoms with van der Waals surface area (Å²) in [6.45, 7) is 1.83. The zero-order chi connectivity index (χ0) is 28.4. The summed E-state index contributed by atoms with van der Waals surface area (Å²) in [5.74, 6) is -0.682. The van der Waals surface area contributed by atoms with Crippen LogP contribution in [0.2, 0.25) is 0 Å². The number of para-hydroxylation sites is 1. The molecule has 2 amide bonds. The number of ether oxygens (including phenoxy) is 2. The molecule has 0 fully saturated rings. The topological polar surface area (TPSA) is 141 Å². The summed E-state index contributed by atoms with van der Waals surface area (Å²) in [6, 6.07) is 12.3. The largest absolute Gasteiger partial charge is 0.493 e. The summed E-state index contributed by atoms with van der Waals surface area (Å²) in [6.07, 6.45) is 0.941. The summed E-state index contributed by atoms with van der Waals surface area (Å²) in [4.78, 5) is 43.2. The van der Waals surface area contributed by atoms with Crippen LogP contribution in [0.5, 0.6) is 11.5 Å². The molecule has 5 rings (SSSR count). The van der Waals surface area contributed by atoms with E-state index in [1.165, 1.54) is 13.2 Å². The Balaban J connectivity index is 1.52. The van der Waals surface area contributed by atoms with E-state index < -0.39 is 30.1 Å². The Labute approximate surface area is 231 Å². The van der Waals surface area contributed by atoms with Crippen LogP contribution in [-0.4, -0.2) is 83.3 Å². The van der Waals surface area contributed by atoms with Gasteiger partial charge in [-0.25, -0.2) is 0 Å². The van der Waals surface area contributed by atoms with Gasteiger partial charge in [-0.15, -0.1) is 0 Å². The zero-order valence-corrected chi connectivity index (χ0v) is 22.4. The second kappa shape index (κ2) is 11.5. The molecule has 210 valence electrons. The molecule has 0 saturated heterocycles. The summed E-state index contributed by atoms with van der Waals surface area (Å²) in [7, 11) is 1.45. The number of aromatic nitrogens is 1. The zero-order valence-electron chi connectivity index (χ0n) is 22.4. The first kappa shape index (κ1) is 27.4. The molecule has 1 aliphatic heterocycles. The molecule has 2 heterocycles. The van der Waals surface area contributed by atoms with Gasteiger partial charge in [-0.05, 0) is 35.7 Å². The van der Waals surface area contributed by atoms with Gasteiger partial charge in [0.1, 0.15) is 18.5 Å². The number of methoxy groups -OCH3 is 1. The predicted molar refractivity (Wildman–Crippen MR) is 148 cm³/mol. The summed E-state index contributed by atoms with van der Waals surface area (Å²) < 4.78 is 11.7. The van der Waals surface area contributed by atoms with Gasteiger partial charge in [-0.2, -0.15) is 0 Å². The number of amides is 2. The van der Waals surface area contributed by atoms with Gasteiger partial charge < -0.3 is 34.9 Å². The third-order valence-corrected chi connectivity index (χ3v) is 7.60. The summed E-state index contributed by atoms with van der Waals surface area (Å²) in [5, 5.41) is 24.7. The minimum absolute atomic E-state index is 0.0319. The highest BCUT2D eigenvalue weighted by atomic mass is 16.5. The number of H-pyrrole nitrogens is 1. The van der Waals surface area contributed by atoms with Crippen molar-refractivity contribution in [2.75, 3.05) is 26.8 Å². The highest BCUT2D eigenvalue weighted by Gasteiger charge is 2.51. The molecule has 2 aliphatic rings. The molecule has 0 spiro atoms. The maximum Gasteiger partial charge on any atom is 0.247 e. The number of hydrogen-bond acceptors (Lipinski definition) is 7. The molecule has 0 unspecified atom stereocenters. The van der Waals surface area contributed by atoms with Crippen molar-refractivity contribution < 1.29 is 34.1 Å². The summed E-state index contributed by atoms with van der Waals surface area (Å²) >= 11 is 0. The molecule has 10 nitrogen and oxygen atoms in total. The molecule has 40 heavy (non-hydrogen) atoms. The number of carbonyl (C=O) groups is 3. The van der Waals surface area contributed by atoms with Crippen LogP contribution in [0.1, 0.15) is 40.9 Å². The number of aldehydes is 1. The van der Waals surface area contributed by atoms with Crippen LogP contribution in [0.4, 0.5) is 0 Å². The van der Waals surface area contributed by atoms with Gasteiger partial charge in [0.25, 0.3) is 0 Å². The summed E-state index contributed by atoms with van der Waals surface area (Å²) in [5.41, 5.74) is 3.11. The molecule has 0 bridgehead atoms. The monoisotopic (exact) mass is 547 g/mol. The van der Waals surface area contributed by atoms with Crippen molar-refractivity contribution in [3.8, 4) is 11.5 Å². The lowest BCUT2D eigenvalue weighted by Crippen LogP contribution is -2.56. The number of benzene rings is 2. The van der Waals surface area contributed by atoms with E-state index in [0.717, 1.165) is 16.6 Å². The minimum Gasteiger partial charge on any atom is -0.493 e. The molecular weight excluding hydrogens is 514 g/mol. The molecule has 0 radical (unpaired) electrons. The Morgan fingerprint density at radius 2 is 2.02 bits per heavy atom. The third-order valence-electron chi connectivity index (χ3n) is 7.60. The Morgan fingerprint density at radius 3 is 2.73 bits per heavy atom. The number of nitrogens with zero attached hydrogens (tertiary/aromatic N) is 1. The van der Waals surface area contributed by atoms with Gasteiger partial charge in [0.15, 0.2) is 11.5 Å². The van der Waals surface area contributed by atoms with Gasteiger partial charge >= 0.3 is 0 Å². The van der Waals surface area contributed by atoms with Crippen molar-refractivity contribution in [2.24, 2.45) is 0 Å². The van der Waals surface area contributed by atoms with Crippen LogP contribution in [0.25, 0.3) is 10.9 Å². The maximum atomic E-state index is 13.4. The van der Waals surface area contributed by atoms with E-state index in [-0.39, 0.29) is 31.1 Å². The van der Waals surface area contributed by atoms with Gasteiger partial charge in [0, 0.05) is 53.8 Å². The van der Waals surface area contributed by atoms with Gasteiger partial charge in [-0.1, -0.05) is 25.1 Å². The smallest absolute Gasteiger partial charge is 0.247 e. The lowest BCUT2D eigenvalue weighted by atomic mass is 9.77. The number of aliphatic hydroxyl groups excluding tert-OH is 2. The van der Waals surface area contributed by atoms with Crippen molar-refractivity contribution in [1.29, 1.82) is 0 Å². The number of aliphatic hydroxyl groups is 2. The fourth-order valence-electron chi connectivity index (χ4n) is 5.71. The lowest BCUT2D eigenvalue weighted by Gasteiger charge is -2.40. The number of aromatic amines is 1. The lowest BCUT2D eigenvalue weighted by molar-refractivity contribution is -0.136. The van der Waals surface area contributed by atoms with Crippen LogP contribution < -0.4 is 14.8 Å². The number of rotatable bonds is 10. The second-order valence-electron chi connectivity index (χ2n) is 9.97. The Hall–Kier alpha value is -4.15. The number of hydrogen-bond donors (Lipinski definition) is 4. The molecule has 1 aromatic heterocycles. The van der Waals surface area contributed by atoms with Crippen molar-refractivity contribution in [3.05, 3.63) is 70.9 Å². The van der Waals surface area contributed by atoms with E-state index in [0.29, 0.717) is 41.9 Å². The molecule has 3 aromatic rings. The maximum absolute atomic E-state index is 13.4. The van der Waals surface area contributed by atoms with E-state index >= 15 is 0 Å². The molecule has 2 aromatic carbocycles. The standard InChI is InChI=1S/C30H33N3O7/c1-3-25(36)33(10-8-19-14-18-6-4-5-7-22(18)32-19)23-15-21(30(38)31-9-11-34)26-20-12-17(16-35)13-24(39-2)28(20)40-29(26)27(23)37/h4-7,12-16,23,26-27,29,32,34,37H,3,8-11H2,1-2H3,(H,31,38)/t23-,26+,27+,29+/m1/s1. The highest BCUT2D eigenvalue weighted by molar-refractivity contribution is 5.96. The van der Waals surface area contributed by atoms with E-state index in [9.17, 15) is 24.6 Å². The molecule has 1 aliphatic carbocycles. The first-order valence-corrected chi connectivity index (χ1v) is 13.4. The fraction of sp³-hybridized carbons (Fsp3) is 0.367. The highest BCUT2D eigenvalue weighted by Crippen LogP contribution is 2.51. The Morgan fingerprint density at radius 1 is 1.23 bits per heavy atom. The van der Waals surface area contributed by atoms with Gasteiger partial charge in [0.05, 0.1) is 25.7 Å². The van der Waals surface area contributed by atoms with Crippen LogP contribution in [-0.2, 0) is 16.0 Å². The van der Waals surface area contributed by atoms with Gasteiger partial charge in [0.2, 0.25) is 11.8 Å². The Bertz CT molecular complexity index is 1430. The Kier molecular flexibility index (Phi) is 7.90. The number of nitrogens with one attached hydrogen (secondary N) is 2. The molecular formula is C30H33N3O7. The average Bonchev–Trinajstić information content (AvgIpc) is 3.58. The average molecular weight is 548 g/mol. The van der Waals surface area contributed by atoms with Gasteiger partial charge in [-0.3, -0.25) is 14.4 Å². The van der Waals surface area contributed by atoms with Crippen molar-refractivity contribution in [2.45, 2.75) is 43.9 Å². The van der Waals surface area contributed by atoms with Crippen molar-refractivity contribution >= 4 is 29.0 Å². The normalized spacial score (nSPS) is 21.1. The molecule has 4 atom stereocenters. The first-order valence-electron chi connectivity index (χ1n) is 13.4. The SMILES string of the molecule is CCC(=O)N(CCc1cc2ccccc2[nH]1)[C@@H]1C=C(C(=O)NCCO)[C@@H]2c3cc(C=O)cc(OC)c3O[C@@H]2[C@H]1O. The van der Waals surface area contributed by atoms with Crippen molar-refractivity contribution in [1.82, 2.24) is 15.2 Å². The third kappa shape index (κ3) is 4.96. The second-order valence-corrected chi connectivity index (χ2v) is 9.97. The molecule has 0 saturated carbocycles. The number of carbonyl (C=O) groups excluding carboxylic acids is 3. The predicted octanol–water partition coefficient (Wildman–Crippen LogP) is 2.09. The van der Waals surface area contributed by atoms with E-state index in [2.05, 4.69) is 10.3 Å². The van der Waals surface area contributed by atoms with Crippen molar-refractivity contribution in [3.63, 3.8) is 0 Å². The van der Waals surface area contributed by atoms with Crippen LogP contribution >= 0.6 is 0 Å². The fourth-order valence-corrected chi connectivity index (χ4v) is 5.71. The quantitative estimate of drug-likeness (QED) is 0.285. The van der Waals surface area contributed by atoms with Crippen LogP contribution in [0, 0.1) is 0 Å². The molecule has 4 N–H and O–H groups in total. The number of fused-ring (bicyclic) bond motifs is 4. The minimum atomic E-state index is -1.17. The van der Waals surface area contributed by atoms with E-state index in [1.807, 2.05) is 30.3 Å². The van der Waals surface area contributed by atoms with E-state index in [4.69, 9.17) is 9.47 Å². The first-order chi connectivity index (χ1) is 19.4. The molecule has 10 heteroatoms. The van der Waals surface area contributed by atoms with E-state index in [1.54, 1.807) is 24.0 Å².